The van der Waals surface area contributed by atoms with Crippen LogP contribution in [0.5, 0.6) is 0 Å². The molecule has 6 nitrogen and oxygen atoms in total. The third kappa shape index (κ3) is 7.11. The van der Waals surface area contributed by atoms with Gasteiger partial charge in [0, 0.05) is 0 Å². The van der Waals surface area contributed by atoms with Gasteiger partial charge in [-0.1, -0.05) is 13.8 Å². The highest BCUT2D eigenvalue weighted by Gasteiger charge is 2.27. The van der Waals surface area contributed by atoms with Crippen LogP contribution in [-0.2, 0) is 18.4 Å². The summed E-state index contributed by atoms with van der Waals surface area (Å²) in [4.78, 5) is 11.0. The first kappa shape index (κ1) is 17.6. The Balaban J connectivity index is 4.46. The number of hydrogen-bond donors (Lipinski definition) is 2. The molecule has 0 bridgehead atoms. The summed E-state index contributed by atoms with van der Waals surface area (Å²) < 4.78 is 22.3. The number of carbonyl (C=O) groups is 1. The van der Waals surface area contributed by atoms with Crippen LogP contribution in [-0.4, -0.2) is 36.6 Å². The average Bonchev–Trinajstić information content (AvgIpc) is 2.24. The standard InChI is InChI=1S/C11H24NO5P/c1-5-16-18(15,17-6-2)8-12-10(11(13)14)7-9(3)4/h9-10,12H,5-8H2,1-4H3,(H,13,14). The van der Waals surface area contributed by atoms with Crippen LogP contribution in [0.3, 0.4) is 0 Å². The Morgan fingerprint density at radius 1 is 1.28 bits per heavy atom. The van der Waals surface area contributed by atoms with E-state index in [1.165, 1.54) is 0 Å². The largest absolute Gasteiger partial charge is 0.480 e. The molecule has 0 heterocycles. The van der Waals surface area contributed by atoms with E-state index in [-0.39, 0.29) is 25.4 Å². The SMILES string of the molecule is CCOP(=O)(CNC(CC(C)C)C(=O)O)OCC. The van der Waals surface area contributed by atoms with Crippen LogP contribution in [0, 0.1) is 5.92 Å². The lowest BCUT2D eigenvalue weighted by molar-refractivity contribution is -0.139. The molecule has 108 valence electrons. The van der Waals surface area contributed by atoms with Crippen LogP contribution in [0.1, 0.15) is 34.1 Å². The van der Waals surface area contributed by atoms with Crippen molar-refractivity contribution < 1.29 is 23.5 Å². The molecule has 0 aromatic carbocycles. The van der Waals surface area contributed by atoms with E-state index in [4.69, 9.17) is 14.2 Å². The van der Waals surface area contributed by atoms with E-state index in [0.29, 0.717) is 6.42 Å². The van der Waals surface area contributed by atoms with Crippen LogP contribution in [0.25, 0.3) is 0 Å². The predicted molar refractivity (Wildman–Crippen MR) is 69.7 cm³/mol. The molecule has 0 saturated carbocycles. The minimum Gasteiger partial charge on any atom is -0.480 e. The van der Waals surface area contributed by atoms with E-state index in [9.17, 15) is 9.36 Å². The fourth-order valence-corrected chi connectivity index (χ4v) is 2.97. The molecule has 18 heavy (non-hydrogen) atoms. The normalized spacial score (nSPS) is 13.8. The van der Waals surface area contributed by atoms with Gasteiger partial charge in [-0.25, -0.2) is 0 Å². The van der Waals surface area contributed by atoms with Crippen LogP contribution in [0.4, 0.5) is 0 Å². The zero-order chi connectivity index (χ0) is 14.2. The molecule has 0 aliphatic heterocycles. The topological polar surface area (TPSA) is 84.9 Å². The van der Waals surface area contributed by atoms with Crippen molar-refractivity contribution in [3.8, 4) is 0 Å². The molecule has 0 aliphatic carbocycles. The first-order valence-electron chi connectivity index (χ1n) is 6.19. The Hall–Kier alpha value is -0.420. The summed E-state index contributed by atoms with van der Waals surface area (Å²) >= 11 is 0. The maximum atomic E-state index is 12.1. The second-order valence-electron chi connectivity index (χ2n) is 4.33. The van der Waals surface area contributed by atoms with Crippen molar-refractivity contribution >= 4 is 13.6 Å². The summed E-state index contributed by atoms with van der Waals surface area (Å²) in [5.74, 6) is -0.722. The van der Waals surface area contributed by atoms with Gasteiger partial charge in [0.15, 0.2) is 0 Å². The Morgan fingerprint density at radius 2 is 1.78 bits per heavy atom. The highest BCUT2D eigenvalue weighted by molar-refractivity contribution is 7.53. The van der Waals surface area contributed by atoms with E-state index in [1.807, 2.05) is 13.8 Å². The molecule has 0 spiro atoms. The van der Waals surface area contributed by atoms with Crippen molar-refractivity contribution in [3.05, 3.63) is 0 Å². The monoisotopic (exact) mass is 281 g/mol. The molecule has 0 aromatic heterocycles. The highest BCUT2D eigenvalue weighted by atomic mass is 31.2. The summed E-state index contributed by atoms with van der Waals surface area (Å²) in [7, 11) is -3.23. The minimum absolute atomic E-state index is 0.0850. The number of hydrogen-bond acceptors (Lipinski definition) is 5. The van der Waals surface area contributed by atoms with Gasteiger partial charge in [-0.2, -0.15) is 0 Å². The molecule has 1 unspecified atom stereocenters. The average molecular weight is 281 g/mol. The quantitative estimate of drug-likeness (QED) is 0.598. The molecule has 2 N–H and O–H groups in total. The Morgan fingerprint density at radius 3 is 2.11 bits per heavy atom. The fourth-order valence-electron chi connectivity index (χ4n) is 1.49. The second-order valence-corrected chi connectivity index (χ2v) is 6.38. The molecule has 7 heteroatoms. The Labute approximate surface area is 109 Å². The molecule has 0 rings (SSSR count). The number of aliphatic carboxylic acids is 1. The highest BCUT2D eigenvalue weighted by Crippen LogP contribution is 2.46. The van der Waals surface area contributed by atoms with Gasteiger partial charge in [-0.15, -0.1) is 0 Å². The molecule has 0 aliphatic rings. The van der Waals surface area contributed by atoms with Gasteiger partial charge in [0.1, 0.15) is 6.04 Å². The smallest absolute Gasteiger partial charge is 0.344 e. The summed E-state index contributed by atoms with van der Waals surface area (Å²) in [6, 6.07) is -0.737. The summed E-state index contributed by atoms with van der Waals surface area (Å²) in [5, 5.41) is 11.8. The van der Waals surface area contributed by atoms with E-state index in [2.05, 4.69) is 5.32 Å². The van der Waals surface area contributed by atoms with Gasteiger partial charge in [-0.3, -0.25) is 14.7 Å². The van der Waals surface area contributed by atoms with Crippen LogP contribution in [0.15, 0.2) is 0 Å². The molecule has 0 saturated heterocycles. The van der Waals surface area contributed by atoms with Gasteiger partial charge in [0.2, 0.25) is 0 Å². The number of carboxylic acids is 1. The van der Waals surface area contributed by atoms with Gasteiger partial charge >= 0.3 is 13.6 Å². The van der Waals surface area contributed by atoms with Crippen LogP contribution < -0.4 is 5.32 Å². The molecular weight excluding hydrogens is 257 g/mol. The third-order valence-electron chi connectivity index (χ3n) is 2.19. The third-order valence-corrected chi connectivity index (χ3v) is 4.06. The zero-order valence-electron chi connectivity index (χ0n) is 11.5. The van der Waals surface area contributed by atoms with E-state index >= 15 is 0 Å². The maximum Gasteiger partial charge on any atom is 0.344 e. The van der Waals surface area contributed by atoms with Crippen molar-refractivity contribution in [2.45, 2.75) is 40.2 Å². The van der Waals surface area contributed by atoms with E-state index in [1.54, 1.807) is 13.8 Å². The molecule has 0 radical (unpaired) electrons. The van der Waals surface area contributed by atoms with Gasteiger partial charge in [0.25, 0.3) is 0 Å². The van der Waals surface area contributed by atoms with Gasteiger partial charge < -0.3 is 14.2 Å². The number of nitrogens with one attached hydrogen (secondary N) is 1. The zero-order valence-corrected chi connectivity index (χ0v) is 12.4. The van der Waals surface area contributed by atoms with Crippen molar-refractivity contribution in [1.29, 1.82) is 0 Å². The number of carboxylic acid groups (broad SMARTS) is 1. The first-order chi connectivity index (χ1) is 8.34. The molecular formula is C11H24NO5P. The maximum absolute atomic E-state index is 12.1. The lowest BCUT2D eigenvalue weighted by atomic mass is 10.0. The predicted octanol–water partition coefficient (Wildman–Crippen LogP) is 2.30. The van der Waals surface area contributed by atoms with E-state index in [0.717, 1.165) is 0 Å². The molecule has 0 aromatic rings. The lowest BCUT2D eigenvalue weighted by Crippen LogP contribution is -2.38. The molecule has 0 amide bonds. The van der Waals surface area contributed by atoms with Gasteiger partial charge in [-0.05, 0) is 26.2 Å². The summed E-state index contributed by atoms with van der Waals surface area (Å²) in [6.07, 6.45) is 0.381. The molecule has 1 atom stereocenters. The second kappa shape index (κ2) is 8.64. The van der Waals surface area contributed by atoms with Crippen LogP contribution in [0.2, 0.25) is 0 Å². The Kier molecular flexibility index (Phi) is 8.44. The minimum atomic E-state index is -3.23. The van der Waals surface area contributed by atoms with Gasteiger partial charge in [0.05, 0.1) is 19.5 Å². The van der Waals surface area contributed by atoms with Crippen molar-refractivity contribution in [2.24, 2.45) is 5.92 Å². The van der Waals surface area contributed by atoms with Crippen molar-refractivity contribution in [2.75, 3.05) is 19.5 Å². The Bertz CT molecular complexity index is 285. The van der Waals surface area contributed by atoms with Crippen molar-refractivity contribution in [3.63, 3.8) is 0 Å². The number of rotatable bonds is 10. The van der Waals surface area contributed by atoms with E-state index < -0.39 is 19.6 Å². The van der Waals surface area contributed by atoms with Crippen LogP contribution >= 0.6 is 7.60 Å². The fraction of sp³-hybridized carbons (Fsp3) is 0.909. The summed E-state index contributed by atoms with van der Waals surface area (Å²) in [6.45, 7) is 7.83. The lowest BCUT2D eigenvalue weighted by Gasteiger charge is -2.21. The first-order valence-corrected chi connectivity index (χ1v) is 7.91. The van der Waals surface area contributed by atoms with Crippen molar-refractivity contribution in [1.82, 2.24) is 5.32 Å². The summed E-state index contributed by atoms with van der Waals surface area (Å²) in [5.41, 5.74) is 0. The molecule has 0 fully saturated rings.